The van der Waals surface area contributed by atoms with Crippen molar-refractivity contribution in [3.8, 4) is 0 Å². The smallest absolute Gasteiger partial charge is 0.327 e. The number of rotatable bonds is 3. The molecular formula is C13H15BrN2O2. The second-order valence-electron chi connectivity index (χ2n) is 4.06. The van der Waals surface area contributed by atoms with Gasteiger partial charge in [0.1, 0.15) is 6.04 Å². The van der Waals surface area contributed by atoms with Gasteiger partial charge in [-0.25, -0.2) is 4.79 Å². The summed E-state index contributed by atoms with van der Waals surface area (Å²) in [6, 6.07) is 5.12. The molecule has 2 aromatic rings. The highest BCUT2D eigenvalue weighted by Gasteiger charge is 2.22. The number of carbonyl (C=O) groups is 1. The van der Waals surface area contributed by atoms with Crippen LogP contribution in [0.1, 0.15) is 18.5 Å². The van der Waals surface area contributed by atoms with Crippen LogP contribution < -0.4 is 5.73 Å². The second kappa shape index (κ2) is 5.12. The van der Waals surface area contributed by atoms with E-state index in [0.717, 1.165) is 20.9 Å². The minimum Gasteiger partial charge on any atom is -0.465 e. The number of hydrogen-bond donors (Lipinski definition) is 1. The average molecular weight is 311 g/mol. The number of nitrogens with two attached hydrogens (primary N) is 1. The number of benzene rings is 1. The molecule has 1 heterocycles. The van der Waals surface area contributed by atoms with E-state index in [9.17, 15) is 4.79 Å². The third-order valence-electron chi connectivity index (χ3n) is 2.87. The maximum absolute atomic E-state index is 11.7. The Bertz CT molecular complexity index is 592. The number of carbonyl (C=O) groups excluding carboxylic acids is 1. The highest BCUT2D eigenvalue weighted by atomic mass is 79.9. The summed E-state index contributed by atoms with van der Waals surface area (Å²) >= 11 is 3.50. The van der Waals surface area contributed by atoms with Gasteiger partial charge in [0.2, 0.25) is 0 Å². The molecule has 1 unspecified atom stereocenters. The van der Waals surface area contributed by atoms with E-state index in [2.05, 4.69) is 15.9 Å². The standard InChI is InChI=1S/C13H15BrN2O2/c1-3-18-13(17)12(15)8-7-16(2)10-6-4-5-9(14)11(8)10/h4-7,12H,3,15H2,1-2H3. The van der Waals surface area contributed by atoms with Gasteiger partial charge in [-0.3, -0.25) is 0 Å². The van der Waals surface area contributed by atoms with Crippen LogP contribution in [-0.2, 0) is 16.6 Å². The molecule has 0 aliphatic carbocycles. The van der Waals surface area contributed by atoms with Crippen LogP contribution in [0, 0.1) is 0 Å². The van der Waals surface area contributed by atoms with Gasteiger partial charge in [-0.1, -0.05) is 22.0 Å². The van der Waals surface area contributed by atoms with Gasteiger partial charge in [0.25, 0.3) is 0 Å². The molecule has 1 aromatic carbocycles. The van der Waals surface area contributed by atoms with Gasteiger partial charge >= 0.3 is 5.97 Å². The number of esters is 1. The van der Waals surface area contributed by atoms with Gasteiger partial charge in [0, 0.05) is 34.2 Å². The first-order valence-electron chi connectivity index (χ1n) is 5.72. The molecule has 18 heavy (non-hydrogen) atoms. The predicted molar refractivity (Wildman–Crippen MR) is 74.2 cm³/mol. The predicted octanol–water partition coefficient (Wildman–Crippen LogP) is 2.50. The van der Waals surface area contributed by atoms with Crippen LogP contribution >= 0.6 is 15.9 Å². The Morgan fingerprint density at radius 2 is 2.28 bits per heavy atom. The summed E-state index contributed by atoms with van der Waals surface area (Å²) in [4.78, 5) is 11.7. The molecule has 0 spiro atoms. The number of ether oxygens (including phenoxy) is 1. The number of hydrogen-bond acceptors (Lipinski definition) is 3. The molecule has 0 aliphatic rings. The van der Waals surface area contributed by atoms with E-state index in [1.54, 1.807) is 6.92 Å². The zero-order chi connectivity index (χ0) is 13.3. The highest BCUT2D eigenvalue weighted by molar-refractivity contribution is 9.10. The van der Waals surface area contributed by atoms with Crippen LogP contribution in [-0.4, -0.2) is 17.1 Å². The molecule has 5 heteroatoms. The third kappa shape index (κ3) is 2.15. The Morgan fingerprint density at radius 1 is 1.56 bits per heavy atom. The van der Waals surface area contributed by atoms with Crippen molar-refractivity contribution in [3.63, 3.8) is 0 Å². The van der Waals surface area contributed by atoms with E-state index >= 15 is 0 Å². The quantitative estimate of drug-likeness (QED) is 0.886. The van der Waals surface area contributed by atoms with Crippen molar-refractivity contribution in [2.75, 3.05) is 6.61 Å². The zero-order valence-corrected chi connectivity index (χ0v) is 11.9. The van der Waals surface area contributed by atoms with Crippen LogP contribution in [0.25, 0.3) is 10.9 Å². The maximum atomic E-state index is 11.7. The lowest BCUT2D eigenvalue weighted by Crippen LogP contribution is -2.23. The lowest BCUT2D eigenvalue weighted by molar-refractivity contribution is -0.144. The highest BCUT2D eigenvalue weighted by Crippen LogP contribution is 2.31. The fourth-order valence-corrected chi connectivity index (χ4v) is 2.61. The fourth-order valence-electron chi connectivity index (χ4n) is 2.03. The zero-order valence-electron chi connectivity index (χ0n) is 10.3. The molecule has 4 nitrogen and oxygen atoms in total. The Morgan fingerprint density at radius 3 is 2.94 bits per heavy atom. The molecule has 96 valence electrons. The van der Waals surface area contributed by atoms with Crippen molar-refractivity contribution in [1.82, 2.24) is 4.57 Å². The lowest BCUT2D eigenvalue weighted by Gasteiger charge is -2.10. The van der Waals surface area contributed by atoms with Crippen molar-refractivity contribution in [3.05, 3.63) is 34.4 Å². The summed E-state index contributed by atoms with van der Waals surface area (Å²) in [5, 5.41) is 0.959. The van der Waals surface area contributed by atoms with Crippen LogP contribution in [0.5, 0.6) is 0 Å². The summed E-state index contributed by atoms with van der Waals surface area (Å²) in [6.07, 6.45) is 1.87. The lowest BCUT2D eigenvalue weighted by atomic mass is 10.1. The molecule has 0 saturated heterocycles. The molecule has 1 atom stereocenters. The summed E-state index contributed by atoms with van der Waals surface area (Å²) < 4.78 is 7.85. The molecule has 0 radical (unpaired) electrons. The largest absolute Gasteiger partial charge is 0.465 e. The average Bonchev–Trinajstić information content (AvgIpc) is 2.68. The monoisotopic (exact) mass is 310 g/mol. The SMILES string of the molecule is CCOC(=O)C(N)c1cn(C)c2cccc(Br)c12. The van der Waals surface area contributed by atoms with Crippen molar-refractivity contribution < 1.29 is 9.53 Å². The summed E-state index contributed by atoms with van der Waals surface area (Å²) in [7, 11) is 1.93. The van der Waals surface area contributed by atoms with Crippen molar-refractivity contribution in [2.45, 2.75) is 13.0 Å². The van der Waals surface area contributed by atoms with Crippen molar-refractivity contribution in [2.24, 2.45) is 12.8 Å². The molecule has 2 rings (SSSR count). The fraction of sp³-hybridized carbons (Fsp3) is 0.308. The topological polar surface area (TPSA) is 57.2 Å². The maximum Gasteiger partial charge on any atom is 0.327 e. The third-order valence-corrected chi connectivity index (χ3v) is 3.53. The van der Waals surface area contributed by atoms with Gasteiger partial charge < -0.3 is 15.0 Å². The number of fused-ring (bicyclic) bond motifs is 1. The van der Waals surface area contributed by atoms with Gasteiger partial charge in [-0.15, -0.1) is 0 Å². The number of halogens is 1. The van der Waals surface area contributed by atoms with E-state index < -0.39 is 12.0 Å². The molecule has 0 aliphatic heterocycles. The molecule has 0 fully saturated rings. The minimum absolute atomic E-state index is 0.332. The van der Waals surface area contributed by atoms with E-state index in [0.29, 0.717) is 6.61 Å². The molecular weight excluding hydrogens is 296 g/mol. The second-order valence-corrected chi connectivity index (χ2v) is 4.91. The van der Waals surface area contributed by atoms with Gasteiger partial charge in [0.15, 0.2) is 0 Å². The van der Waals surface area contributed by atoms with E-state index in [4.69, 9.17) is 10.5 Å². The molecule has 0 saturated carbocycles. The molecule has 0 amide bonds. The van der Waals surface area contributed by atoms with Crippen molar-refractivity contribution in [1.29, 1.82) is 0 Å². The summed E-state index contributed by atoms with van der Waals surface area (Å²) in [5.41, 5.74) is 7.77. The first kappa shape index (κ1) is 13.1. The Labute approximate surface area is 114 Å². The number of aryl methyl sites for hydroxylation is 1. The van der Waals surface area contributed by atoms with Crippen LogP contribution in [0.2, 0.25) is 0 Å². The van der Waals surface area contributed by atoms with E-state index in [-0.39, 0.29) is 0 Å². The van der Waals surface area contributed by atoms with Crippen LogP contribution in [0.4, 0.5) is 0 Å². The Balaban J connectivity index is 2.54. The summed E-state index contributed by atoms with van der Waals surface area (Å²) in [5.74, 6) is -0.402. The molecule has 0 bridgehead atoms. The minimum atomic E-state index is -0.757. The van der Waals surface area contributed by atoms with Crippen LogP contribution in [0.15, 0.2) is 28.9 Å². The first-order valence-corrected chi connectivity index (χ1v) is 6.51. The van der Waals surface area contributed by atoms with Gasteiger partial charge in [-0.05, 0) is 19.1 Å². The van der Waals surface area contributed by atoms with Gasteiger partial charge in [0.05, 0.1) is 6.61 Å². The Hall–Kier alpha value is -1.33. The molecule has 2 N–H and O–H groups in total. The normalized spacial score (nSPS) is 12.7. The van der Waals surface area contributed by atoms with E-state index in [1.807, 2.05) is 36.0 Å². The Kier molecular flexibility index (Phi) is 3.73. The number of aromatic nitrogens is 1. The summed E-state index contributed by atoms with van der Waals surface area (Å²) in [6.45, 7) is 2.10. The van der Waals surface area contributed by atoms with Crippen LogP contribution in [0.3, 0.4) is 0 Å². The number of nitrogens with zero attached hydrogens (tertiary/aromatic N) is 1. The molecule has 1 aromatic heterocycles. The van der Waals surface area contributed by atoms with E-state index in [1.165, 1.54) is 0 Å². The first-order chi connectivity index (χ1) is 8.56. The van der Waals surface area contributed by atoms with Crippen molar-refractivity contribution >= 4 is 32.8 Å². The van der Waals surface area contributed by atoms with Gasteiger partial charge in [-0.2, -0.15) is 0 Å².